The van der Waals surface area contributed by atoms with Gasteiger partial charge in [-0.15, -0.1) is 0 Å². The maximum absolute atomic E-state index is 12.3. The number of urea groups is 1. The van der Waals surface area contributed by atoms with Gasteiger partial charge >= 0.3 is 6.03 Å². The molecule has 1 N–H and O–H groups in total. The molecule has 1 aromatic heterocycles. The molecule has 1 heterocycles. The van der Waals surface area contributed by atoms with Crippen molar-refractivity contribution in [1.29, 1.82) is 0 Å². The van der Waals surface area contributed by atoms with Crippen molar-refractivity contribution in [1.82, 2.24) is 15.2 Å². The van der Waals surface area contributed by atoms with Crippen molar-refractivity contribution >= 4 is 6.03 Å². The summed E-state index contributed by atoms with van der Waals surface area (Å²) in [5.74, 6) is 0. The standard InChI is InChI=1S/C19H25N3O2/c1-3-18(17-10-7-11-20-14-17)22(2)19(23)21-12-13-24-15-16-8-5-4-6-9-16/h4-11,14,18H,3,12-13,15H2,1-2H3,(H,21,23)/t18-/m1/s1. The van der Waals surface area contributed by atoms with E-state index >= 15 is 0 Å². The number of nitrogens with one attached hydrogen (secondary N) is 1. The average molecular weight is 327 g/mol. The molecular weight excluding hydrogens is 302 g/mol. The van der Waals surface area contributed by atoms with Crippen molar-refractivity contribution < 1.29 is 9.53 Å². The third-order valence-corrected chi connectivity index (χ3v) is 3.88. The lowest BCUT2D eigenvalue weighted by atomic mass is 10.1. The number of hydrogen-bond donors (Lipinski definition) is 1. The summed E-state index contributed by atoms with van der Waals surface area (Å²) in [6.07, 6.45) is 4.38. The molecule has 2 rings (SSSR count). The van der Waals surface area contributed by atoms with Crippen LogP contribution in [0.5, 0.6) is 0 Å². The number of rotatable bonds is 8. The number of ether oxygens (including phenoxy) is 1. The molecule has 128 valence electrons. The van der Waals surface area contributed by atoms with Crippen LogP contribution in [0.25, 0.3) is 0 Å². The predicted molar refractivity (Wildman–Crippen MR) is 94.5 cm³/mol. The summed E-state index contributed by atoms with van der Waals surface area (Å²) in [4.78, 5) is 18.1. The molecular formula is C19H25N3O2. The lowest BCUT2D eigenvalue weighted by molar-refractivity contribution is 0.120. The molecule has 0 saturated carbocycles. The minimum absolute atomic E-state index is 0.0175. The zero-order chi connectivity index (χ0) is 17.2. The highest BCUT2D eigenvalue weighted by atomic mass is 16.5. The van der Waals surface area contributed by atoms with Crippen molar-refractivity contribution in [2.45, 2.75) is 26.0 Å². The lowest BCUT2D eigenvalue weighted by Gasteiger charge is -2.27. The Hall–Kier alpha value is -2.40. The molecule has 2 aromatic rings. The first kappa shape index (κ1) is 17.9. The second-order valence-electron chi connectivity index (χ2n) is 5.59. The van der Waals surface area contributed by atoms with Gasteiger partial charge in [0.15, 0.2) is 0 Å². The summed E-state index contributed by atoms with van der Waals surface area (Å²) in [6.45, 7) is 3.59. The van der Waals surface area contributed by atoms with Gasteiger partial charge in [-0.1, -0.05) is 43.3 Å². The van der Waals surface area contributed by atoms with Crippen LogP contribution in [0, 0.1) is 0 Å². The predicted octanol–water partition coefficient (Wildman–Crippen LogP) is 3.39. The first-order valence-corrected chi connectivity index (χ1v) is 8.24. The van der Waals surface area contributed by atoms with Crippen LogP contribution in [0.2, 0.25) is 0 Å². The molecule has 0 unspecified atom stereocenters. The van der Waals surface area contributed by atoms with Crippen LogP contribution in [0.1, 0.15) is 30.5 Å². The number of carbonyl (C=O) groups excluding carboxylic acids is 1. The fourth-order valence-corrected chi connectivity index (χ4v) is 2.57. The van der Waals surface area contributed by atoms with Gasteiger partial charge in [-0.2, -0.15) is 0 Å². The molecule has 5 heteroatoms. The van der Waals surface area contributed by atoms with Gasteiger partial charge in [0, 0.05) is 26.0 Å². The minimum Gasteiger partial charge on any atom is -0.375 e. The SMILES string of the molecule is CC[C@H](c1cccnc1)N(C)C(=O)NCCOCc1ccccc1. The summed E-state index contributed by atoms with van der Waals surface area (Å²) in [5.41, 5.74) is 2.17. The van der Waals surface area contributed by atoms with Crippen LogP contribution in [-0.2, 0) is 11.3 Å². The van der Waals surface area contributed by atoms with E-state index < -0.39 is 0 Å². The average Bonchev–Trinajstić information content (AvgIpc) is 2.63. The first-order chi connectivity index (χ1) is 11.7. The Balaban J connectivity index is 1.73. The van der Waals surface area contributed by atoms with Crippen LogP contribution in [0.4, 0.5) is 4.79 Å². The molecule has 1 aromatic carbocycles. The summed E-state index contributed by atoms with van der Waals surface area (Å²) in [7, 11) is 1.81. The number of carbonyl (C=O) groups is 1. The van der Waals surface area contributed by atoms with Crippen LogP contribution < -0.4 is 5.32 Å². The zero-order valence-electron chi connectivity index (χ0n) is 14.3. The number of aromatic nitrogens is 1. The Kier molecular flexibility index (Phi) is 7.23. The van der Waals surface area contributed by atoms with Crippen molar-refractivity contribution in [2.75, 3.05) is 20.2 Å². The van der Waals surface area contributed by atoms with Gasteiger partial charge < -0.3 is 15.0 Å². The Labute approximate surface area is 143 Å². The third-order valence-electron chi connectivity index (χ3n) is 3.88. The number of hydrogen-bond acceptors (Lipinski definition) is 3. The minimum atomic E-state index is -0.103. The Bertz CT molecular complexity index is 605. The molecule has 0 radical (unpaired) electrons. The van der Waals surface area contributed by atoms with E-state index in [4.69, 9.17) is 4.74 Å². The topological polar surface area (TPSA) is 54.5 Å². The lowest BCUT2D eigenvalue weighted by Crippen LogP contribution is -2.40. The highest BCUT2D eigenvalue weighted by Crippen LogP contribution is 2.21. The normalized spacial score (nSPS) is 11.8. The van der Waals surface area contributed by atoms with E-state index in [2.05, 4.69) is 17.2 Å². The van der Waals surface area contributed by atoms with Crippen LogP contribution in [0.3, 0.4) is 0 Å². The Morgan fingerprint density at radius 3 is 2.71 bits per heavy atom. The molecule has 0 aliphatic rings. The zero-order valence-corrected chi connectivity index (χ0v) is 14.3. The molecule has 24 heavy (non-hydrogen) atoms. The molecule has 0 spiro atoms. The molecule has 0 aliphatic heterocycles. The molecule has 1 atom stereocenters. The fourth-order valence-electron chi connectivity index (χ4n) is 2.57. The smallest absolute Gasteiger partial charge is 0.317 e. The van der Waals surface area contributed by atoms with Gasteiger partial charge in [0.05, 0.1) is 19.3 Å². The maximum Gasteiger partial charge on any atom is 0.317 e. The highest BCUT2D eigenvalue weighted by molar-refractivity contribution is 5.74. The van der Waals surface area contributed by atoms with Crippen LogP contribution in [0.15, 0.2) is 54.9 Å². The second-order valence-corrected chi connectivity index (χ2v) is 5.59. The van der Waals surface area contributed by atoms with Crippen LogP contribution in [-0.4, -0.2) is 36.1 Å². The summed E-state index contributed by atoms with van der Waals surface area (Å²) in [5, 5.41) is 2.89. The van der Waals surface area contributed by atoms with E-state index in [9.17, 15) is 4.79 Å². The maximum atomic E-state index is 12.3. The van der Waals surface area contributed by atoms with Crippen molar-refractivity contribution in [3.05, 3.63) is 66.0 Å². The Morgan fingerprint density at radius 2 is 2.04 bits per heavy atom. The van der Waals surface area contributed by atoms with E-state index in [1.807, 2.05) is 42.5 Å². The monoisotopic (exact) mass is 327 g/mol. The van der Waals surface area contributed by atoms with Crippen LogP contribution >= 0.6 is 0 Å². The molecule has 0 bridgehead atoms. The molecule has 2 amide bonds. The van der Waals surface area contributed by atoms with Gasteiger partial charge in [0.1, 0.15) is 0 Å². The molecule has 0 fully saturated rings. The van der Waals surface area contributed by atoms with Gasteiger partial charge in [-0.05, 0) is 23.6 Å². The van der Waals surface area contributed by atoms with Crippen molar-refractivity contribution in [2.24, 2.45) is 0 Å². The number of nitrogens with zero attached hydrogens (tertiary/aromatic N) is 2. The molecule has 0 aliphatic carbocycles. The van der Waals surface area contributed by atoms with Crippen molar-refractivity contribution in [3.8, 4) is 0 Å². The molecule has 0 saturated heterocycles. The number of amides is 2. The third kappa shape index (κ3) is 5.35. The van der Waals surface area contributed by atoms with E-state index in [1.54, 1.807) is 24.3 Å². The second kappa shape index (κ2) is 9.67. The van der Waals surface area contributed by atoms with Gasteiger partial charge in [0.25, 0.3) is 0 Å². The van der Waals surface area contributed by atoms with E-state index in [0.29, 0.717) is 19.8 Å². The number of pyridine rings is 1. The van der Waals surface area contributed by atoms with Gasteiger partial charge in [0.2, 0.25) is 0 Å². The summed E-state index contributed by atoms with van der Waals surface area (Å²) in [6, 6.07) is 13.8. The quantitative estimate of drug-likeness (QED) is 0.756. The van der Waals surface area contributed by atoms with Gasteiger partial charge in [-0.25, -0.2) is 4.79 Å². The number of benzene rings is 1. The summed E-state index contributed by atoms with van der Waals surface area (Å²) >= 11 is 0. The largest absolute Gasteiger partial charge is 0.375 e. The first-order valence-electron chi connectivity index (χ1n) is 8.24. The fraction of sp³-hybridized carbons (Fsp3) is 0.368. The van der Waals surface area contributed by atoms with Gasteiger partial charge in [-0.3, -0.25) is 4.98 Å². The van der Waals surface area contributed by atoms with Crippen molar-refractivity contribution in [3.63, 3.8) is 0 Å². The Morgan fingerprint density at radius 1 is 1.25 bits per heavy atom. The highest BCUT2D eigenvalue weighted by Gasteiger charge is 2.19. The van der Waals surface area contributed by atoms with E-state index in [0.717, 1.165) is 17.5 Å². The molecule has 5 nitrogen and oxygen atoms in total. The van der Waals surface area contributed by atoms with E-state index in [-0.39, 0.29) is 12.1 Å². The summed E-state index contributed by atoms with van der Waals surface area (Å²) < 4.78 is 5.58. The van der Waals surface area contributed by atoms with E-state index in [1.165, 1.54) is 0 Å².